The van der Waals surface area contributed by atoms with Gasteiger partial charge in [-0.1, -0.05) is 13.5 Å². The molecule has 0 aromatic carbocycles. The third-order valence-electron chi connectivity index (χ3n) is 4.19. The fourth-order valence-electron chi connectivity index (χ4n) is 3.19. The highest BCUT2D eigenvalue weighted by Gasteiger charge is 2.67. The molecule has 0 unspecified atom stereocenters. The Labute approximate surface area is 89.5 Å². The molecule has 3 atom stereocenters. The smallest absolute Gasteiger partial charge is 0.307 e. The van der Waals surface area contributed by atoms with E-state index in [-0.39, 0.29) is 18.3 Å². The molecule has 3 nitrogen and oxygen atoms in total. The van der Waals surface area contributed by atoms with Crippen LogP contribution in [0.25, 0.3) is 0 Å². The average Bonchev–Trinajstić information content (AvgIpc) is 2.61. The summed E-state index contributed by atoms with van der Waals surface area (Å²) in [6.07, 6.45) is 2.78. The molecular weight excluding hydrogens is 192 g/mol. The van der Waals surface area contributed by atoms with Crippen LogP contribution in [0.5, 0.6) is 0 Å². The van der Waals surface area contributed by atoms with E-state index in [0.29, 0.717) is 0 Å². The van der Waals surface area contributed by atoms with Crippen LogP contribution < -0.4 is 0 Å². The Kier molecular flexibility index (Phi) is 2.04. The molecular formula is C12H16O3. The number of aldehydes is 1. The lowest BCUT2D eigenvalue weighted by atomic mass is 9.68. The molecule has 0 radical (unpaired) electrons. The second-order valence-corrected chi connectivity index (χ2v) is 4.86. The SMILES string of the molecule is C=C(C)[C@@]12CC[C@@H](C)[C@]1(C=O)CC(=O)O2. The van der Waals surface area contributed by atoms with Gasteiger partial charge in [-0.3, -0.25) is 4.79 Å². The summed E-state index contributed by atoms with van der Waals surface area (Å²) in [6.45, 7) is 7.75. The summed E-state index contributed by atoms with van der Waals surface area (Å²) in [6, 6.07) is 0. The molecule has 0 bridgehead atoms. The van der Waals surface area contributed by atoms with Crippen LogP contribution in [0.2, 0.25) is 0 Å². The van der Waals surface area contributed by atoms with E-state index in [1.165, 1.54) is 0 Å². The molecule has 0 amide bonds. The van der Waals surface area contributed by atoms with E-state index in [4.69, 9.17) is 4.74 Å². The normalized spacial score (nSPS) is 43.6. The van der Waals surface area contributed by atoms with Crippen LogP contribution in [-0.2, 0) is 14.3 Å². The molecule has 3 heteroatoms. The number of carbonyl (C=O) groups excluding carboxylic acids is 2. The van der Waals surface area contributed by atoms with E-state index in [0.717, 1.165) is 24.7 Å². The van der Waals surface area contributed by atoms with Crippen LogP contribution in [0.15, 0.2) is 12.2 Å². The minimum absolute atomic E-state index is 0.193. The Morgan fingerprint density at radius 1 is 1.67 bits per heavy atom. The topological polar surface area (TPSA) is 43.4 Å². The average molecular weight is 208 g/mol. The zero-order valence-electron chi connectivity index (χ0n) is 9.21. The van der Waals surface area contributed by atoms with Crippen LogP contribution in [0.3, 0.4) is 0 Å². The first-order valence-corrected chi connectivity index (χ1v) is 5.33. The molecule has 1 aliphatic carbocycles. The van der Waals surface area contributed by atoms with Crippen molar-refractivity contribution >= 4 is 12.3 Å². The second-order valence-electron chi connectivity index (χ2n) is 4.86. The van der Waals surface area contributed by atoms with Gasteiger partial charge in [0.05, 0.1) is 11.8 Å². The predicted octanol–water partition coefficient (Wildman–Crippen LogP) is 1.86. The van der Waals surface area contributed by atoms with Crippen molar-refractivity contribution in [3.8, 4) is 0 Å². The zero-order valence-corrected chi connectivity index (χ0v) is 9.21. The van der Waals surface area contributed by atoms with Crippen molar-refractivity contribution in [2.24, 2.45) is 11.3 Å². The van der Waals surface area contributed by atoms with Crippen LogP contribution in [0.4, 0.5) is 0 Å². The Balaban J connectivity index is 2.56. The van der Waals surface area contributed by atoms with Gasteiger partial charge < -0.3 is 9.53 Å². The molecule has 1 aliphatic heterocycles. The van der Waals surface area contributed by atoms with Gasteiger partial charge >= 0.3 is 5.97 Å². The first-order chi connectivity index (χ1) is 6.98. The van der Waals surface area contributed by atoms with Gasteiger partial charge in [0.2, 0.25) is 0 Å². The van der Waals surface area contributed by atoms with Crippen LogP contribution >= 0.6 is 0 Å². The van der Waals surface area contributed by atoms with Gasteiger partial charge in [-0.2, -0.15) is 0 Å². The van der Waals surface area contributed by atoms with E-state index in [9.17, 15) is 9.59 Å². The van der Waals surface area contributed by atoms with Gasteiger partial charge in [0.15, 0.2) is 0 Å². The Bertz CT molecular complexity index is 339. The first-order valence-electron chi connectivity index (χ1n) is 5.33. The standard InChI is InChI=1S/C12H16O3/c1-8(2)12-5-4-9(3)11(12,7-13)6-10(14)15-12/h7,9H,1,4-6H2,2-3H3/t9-,11-,12+/m1/s1. The molecule has 0 N–H and O–H groups in total. The van der Waals surface area contributed by atoms with Gasteiger partial charge in [-0.15, -0.1) is 0 Å². The summed E-state index contributed by atoms with van der Waals surface area (Å²) in [7, 11) is 0. The minimum atomic E-state index is -0.717. The summed E-state index contributed by atoms with van der Waals surface area (Å²) in [5.74, 6) is -0.0743. The number of rotatable bonds is 2. The molecule has 2 aliphatic rings. The largest absolute Gasteiger partial charge is 0.453 e. The second kappa shape index (κ2) is 2.94. The highest BCUT2D eigenvalue weighted by Crippen LogP contribution is 2.60. The monoisotopic (exact) mass is 208 g/mol. The van der Waals surface area contributed by atoms with Gasteiger partial charge in [-0.25, -0.2) is 0 Å². The molecule has 2 fully saturated rings. The molecule has 15 heavy (non-hydrogen) atoms. The molecule has 0 aromatic rings. The van der Waals surface area contributed by atoms with Crippen molar-refractivity contribution in [3.63, 3.8) is 0 Å². The van der Waals surface area contributed by atoms with Crippen LogP contribution in [0, 0.1) is 11.3 Å². The number of fused-ring (bicyclic) bond motifs is 1. The molecule has 1 saturated carbocycles. The first kappa shape index (κ1) is 10.4. The van der Waals surface area contributed by atoms with Crippen molar-refractivity contribution in [1.29, 1.82) is 0 Å². The lowest BCUT2D eigenvalue weighted by Gasteiger charge is -2.36. The Morgan fingerprint density at radius 3 is 2.80 bits per heavy atom. The summed E-state index contributed by atoms with van der Waals surface area (Å²) in [5.41, 5.74) is -0.578. The van der Waals surface area contributed by atoms with Crippen molar-refractivity contribution < 1.29 is 14.3 Å². The summed E-state index contributed by atoms with van der Waals surface area (Å²) >= 11 is 0. The molecule has 82 valence electrons. The number of esters is 1. The third-order valence-corrected chi connectivity index (χ3v) is 4.19. The van der Waals surface area contributed by atoms with E-state index in [1.54, 1.807) is 0 Å². The number of hydrogen-bond acceptors (Lipinski definition) is 3. The molecule has 0 aromatic heterocycles. The summed E-state index contributed by atoms with van der Waals surface area (Å²) in [5, 5.41) is 0. The van der Waals surface area contributed by atoms with Crippen LogP contribution in [0.1, 0.15) is 33.1 Å². The Hall–Kier alpha value is -1.12. The zero-order chi connectivity index (χ0) is 11.3. The highest BCUT2D eigenvalue weighted by atomic mass is 16.6. The maximum absolute atomic E-state index is 11.5. The number of carbonyl (C=O) groups is 2. The molecule has 1 heterocycles. The molecule has 2 rings (SSSR count). The van der Waals surface area contributed by atoms with Crippen molar-refractivity contribution in [1.82, 2.24) is 0 Å². The van der Waals surface area contributed by atoms with E-state index in [2.05, 4.69) is 6.58 Å². The lowest BCUT2D eigenvalue weighted by Crippen LogP contribution is -2.45. The van der Waals surface area contributed by atoms with E-state index < -0.39 is 11.0 Å². The third kappa shape index (κ3) is 1.01. The minimum Gasteiger partial charge on any atom is -0.453 e. The maximum Gasteiger partial charge on any atom is 0.307 e. The van der Waals surface area contributed by atoms with Crippen molar-refractivity contribution in [2.45, 2.75) is 38.7 Å². The number of hydrogen-bond donors (Lipinski definition) is 0. The Morgan fingerprint density at radius 2 is 2.33 bits per heavy atom. The number of ether oxygens (including phenoxy) is 1. The van der Waals surface area contributed by atoms with E-state index >= 15 is 0 Å². The van der Waals surface area contributed by atoms with Crippen molar-refractivity contribution in [3.05, 3.63) is 12.2 Å². The molecule has 0 spiro atoms. The molecule has 1 saturated heterocycles. The van der Waals surface area contributed by atoms with E-state index in [1.807, 2.05) is 13.8 Å². The fourth-order valence-corrected chi connectivity index (χ4v) is 3.19. The van der Waals surface area contributed by atoms with Crippen LogP contribution in [-0.4, -0.2) is 17.9 Å². The van der Waals surface area contributed by atoms with Gasteiger partial charge in [0, 0.05) is 0 Å². The summed E-state index contributed by atoms with van der Waals surface area (Å²) < 4.78 is 5.43. The maximum atomic E-state index is 11.5. The van der Waals surface area contributed by atoms with Gasteiger partial charge in [-0.05, 0) is 31.3 Å². The predicted molar refractivity (Wildman–Crippen MR) is 55.1 cm³/mol. The highest BCUT2D eigenvalue weighted by molar-refractivity contribution is 5.83. The lowest BCUT2D eigenvalue weighted by molar-refractivity contribution is -0.147. The van der Waals surface area contributed by atoms with Gasteiger partial charge in [0.25, 0.3) is 0 Å². The quantitative estimate of drug-likeness (QED) is 0.395. The van der Waals surface area contributed by atoms with Crippen molar-refractivity contribution in [2.75, 3.05) is 0 Å². The summed E-state index contributed by atoms with van der Waals surface area (Å²) in [4.78, 5) is 22.9. The fraction of sp³-hybridized carbons (Fsp3) is 0.667. The van der Waals surface area contributed by atoms with Gasteiger partial charge in [0.1, 0.15) is 11.9 Å².